The second-order valence-corrected chi connectivity index (χ2v) is 8.29. The number of aliphatic hydroxyl groups excluding tert-OH is 1. The van der Waals surface area contributed by atoms with Gasteiger partial charge in [0.1, 0.15) is 11.5 Å². The van der Waals surface area contributed by atoms with E-state index in [1.165, 1.54) is 4.90 Å². The Bertz CT molecular complexity index is 1080. The molecule has 0 spiro atoms. The molecule has 1 aliphatic heterocycles. The van der Waals surface area contributed by atoms with Crippen molar-refractivity contribution in [1.29, 1.82) is 0 Å². The number of nitrogens with two attached hydrogens (primary N) is 1. The minimum atomic E-state index is -0.781. The Kier molecular flexibility index (Phi) is 8.31. The number of likely N-dealkylation sites (N-methyl/N-ethyl adjacent to an activating group) is 1. The first-order valence-electron chi connectivity index (χ1n) is 11.0. The molecule has 1 saturated heterocycles. The van der Waals surface area contributed by atoms with Crippen molar-refractivity contribution in [3.8, 4) is 5.75 Å². The van der Waals surface area contributed by atoms with Crippen molar-refractivity contribution in [3.63, 3.8) is 0 Å². The molecule has 1 aliphatic rings. The number of amides is 2. The maximum Gasteiger partial charge on any atom is 0.295 e. The van der Waals surface area contributed by atoms with Crippen LogP contribution in [0.15, 0.2) is 54.1 Å². The van der Waals surface area contributed by atoms with Crippen LogP contribution in [0.25, 0.3) is 5.76 Å². The van der Waals surface area contributed by atoms with Crippen LogP contribution in [0.4, 0.5) is 0 Å². The van der Waals surface area contributed by atoms with Crippen LogP contribution < -0.4 is 10.5 Å². The first-order chi connectivity index (χ1) is 16.3. The molecular formula is C25H28ClN3O5. The summed E-state index contributed by atoms with van der Waals surface area (Å²) in [6.07, 6.45) is 0. The molecule has 8 nitrogen and oxygen atoms in total. The summed E-state index contributed by atoms with van der Waals surface area (Å²) >= 11 is 5.96. The van der Waals surface area contributed by atoms with Crippen molar-refractivity contribution in [3.05, 3.63) is 70.3 Å². The lowest BCUT2D eigenvalue weighted by Crippen LogP contribution is -2.38. The fourth-order valence-electron chi connectivity index (χ4n) is 3.91. The van der Waals surface area contributed by atoms with Crippen molar-refractivity contribution in [2.45, 2.75) is 19.9 Å². The van der Waals surface area contributed by atoms with E-state index in [-0.39, 0.29) is 17.9 Å². The van der Waals surface area contributed by atoms with Gasteiger partial charge < -0.3 is 25.4 Å². The Hall–Kier alpha value is -3.36. The van der Waals surface area contributed by atoms with Crippen molar-refractivity contribution < 1.29 is 24.2 Å². The third-order valence-electron chi connectivity index (χ3n) is 5.79. The first kappa shape index (κ1) is 25.3. The van der Waals surface area contributed by atoms with Gasteiger partial charge >= 0.3 is 0 Å². The van der Waals surface area contributed by atoms with Gasteiger partial charge in [-0.3, -0.25) is 14.4 Å². The number of benzene rings is 2. The summed E-state index contributed by atoms with van der Waals surface area (Å²) in [5.74, 6) is -1.86. The minimum absolute atomic E-state index is 0.0117. The Labute approximate surface area is 203 Å². The number of likely N-dealkylation sites (tertiary alicyclic amines) is 1. The molecule has 9 heteroatoms. The lowest BCUT2D eigenvalue weighted by Gasteiger charge is -2.28. The molecule has 1 heterocycles. The number of hydrogen-bond acceptors (Lipinski definition) is 6. The number of ketones is 1. The van der Waals surface area contributed by atoms with Crippen LogP contribution in [0, 0.1) is 0 Å². The third-order valence-corrected chi connectivity index (χ3v) is 6.04. The van der Waals surface area contributed by atoms with E-state index in [2.05, 4.69) is 4.90 Å². The summed E-state index contributed by atoms with van der Waals surface area (Å²) in [5, 5.41) is 11.6. The molecule has 2 amide bonds. The number of Topliss-reactive ketones (excluding diaryl/α,β-unsaturated/α-hetero) is 1. The third kappa shape index (κ3) is 5.58. The van der Waals surface area contributed by atoms with E-state index in [1.54, 1.807) is 48.5 Å². The Morgan fingerprint density at radius 3 is 2.26 bits per heavy atom. The smallest absolute Gasteiger partial charge is 0.295 e. The van der Waals surface area contributed by atoms with E-state index in [4.69, 9.17) is 22.1 Å². The van der Waals surface area contributed by atoms with Crippen LogP contribution in [0.2, 0.25) is 5.02 Å². The van der Waals surface area contributed by atoms with Gasteiger partial charge in [-0.15, -0.1) is 0 Å². The molecule has 34 heavy (non-hydrogen) atoms. The zero-order chi connectivity index (χ0) is 24.8. The van der Waals surface area contributed by atoms with Gasteiger partial charge in [0.25, 0.3) is 17.6 Å². The van der Waals surface area contributed by atoms with E-state index in [0.717, 1.165) is 13.1 Å². The van der Waals surface area contributed by atoms with Crippen molar-refractivity contribution >= 4 is 35.0 Å². The fourth-order valence-corrected chi connectivity index (χ4v) is 4.04. The highest BCUT2D eigenvalue weighted by molar-refractivity contribution is 6.46. The number of nitrogens with zero attached hydrogens (tertiary/aromatic N) is 2. The van der Waals surface area contributed by atoms with Gasteiger partial charge in [0.05, 0.1) is 11.6 Å². The van der Waals surface area contributed by atoms with Crippen molar-refractivity contribution in [2.75, 3.05) is 32.8 Å². The number of ether oxygens (including phenoxy) is 1. The maximum atomic E-state index is 13.1. The van der Waals surface area contributed by atoms with Gasteiger partial charge in [-0.25, -0.2) is 0 Å². The topological polar surface area (TPSA) is 113 Å². The number of aliphatic hydroxyl groups is 1. The standard InChI is InChI=1S/C25H28ClN3O5/c1-3-28(4-2)13-14-29-22(16-7-11-19(12-8-16)34-15-20(27)30)21(24(32)25(29)33)23(31)17-5-9-18(26)10-6-17/h5-12,22,31H,3-4,13-15H2,1-2H3,(H2,27,30)/b23-21+. The normalized spacial score (nSPS) is 17.4. The van der Waals surface area contributed by atoms with Gasteiger partial charge in [0, 0.05) is 23.7 Å². The largest absolute Gasteiger partial charge is 0.507 e. The highest BCUT2D eigenvalue weighted by Crippen LogP contribution is 2.39. The zero-order valence-corrected chi connectivity index (χ0v) is 19.9. The molecule has 180 valence electrons. The summed E-state index contributed by atoms with van der Waals surface area (Å²) in [6.45, 7) is 6.30. The van der Waals surface area contributed by atoms with Gasteiger partial charge in [-0.05, 0) is 55.1 Å². The number of hydrogen-bond donors (Lipinski definition) is 2. The molecule has 0 bridgehead atoms. The monoisotopic (exact) mass is 485 g/mol. The van der Waals surface area contributed by atoms with Crippen LogP contribution in [0.1, 0.15) is 31.0 Å². The molecule has 3 rings (SSSR count). The molecule has 3 N–H and O–H groups in total. The van der Waals surface area contributed by atoms with Crippen molar-refractivity contribution in [2.24, 2.45) is 5.73 Å². The number of carbonyl (C=O) groups excluding carboxylic acids is 3. The van der Waals surface area contributed by atoms with Gasteiger partial charge in [-0.1, -0.05) is 37.6 Å². The number of rotatable bonds is 10. The quantitative estimate of drug-likeness (QED) is 0.304. The van der Waals surface area contributed by atoms with Crippen LogP contribution >= 0.6 is 11.6 Å². The molecule has 0 aliphatic carbocycles. The molecule has 2 aromatic rings. The van der Waals surface area contributed by atoms with E-state index < -0.39 is 23.6 Å². The van der Waals surface area contributed by atoms with Gasteiger partial charge in [0.2, 0.25) is 0 Å². The van der Waals surface area contributed by atoms with Crippen LogP contribution in [0.5, 0.6) is 5.75 Å². The average molecular weight is 486 g/mol. The lowest BCUT2D eigenvalue weighted by atomic mass is 9.95. The molecular weight excluding hydrogens is 458 g/mol. The SMILES string of the molecule is CCN(CC)CCN1C(=O)C(=O)/C(=C(/O)c2ccc(Cl)cc2)C1c1ccc(OCC(N)=O)cc1. The Morgan fingerprint density at radius 2 is 1.71 bits per heavy atom. The molecule has 0 radical (unpaired) electrons. The van der Waals surface area contributed by atoms with E-state index in [0.29, 0.717) is 35.0 Å². The highest BCUT2D eigenvalue weighted by atomic mass is 35.5. The first-order valence-corrected chi connectivity index (χ1v) is 11.4. The maximum absolute atomic E-state index is 13.1. The van der Waals surface area contributed by atoms with Gasteiger partial charge in [-0.2, -0.15) is 0 Å². The summed E-state index contributed by atoms with van der Waals surface area (Å²) in [6, 6.07) is 12.3. The van der Waals surface area contributed by atoms with Crippen molar-refractivity contribution in [1.82, 2.24) is 9.80 Å². The molecule has 1 fully saturated rings. The lowest BCUT2D eigenvalue weighted by molar-refractivity contribution is -0.140. The van der Waals surface area contributed by atoms with Crippen LogP contribution in [-0.4, -0.2) is 65.3 Å². The van der Waals surface area contributed by atoms with E-state index >= 15 is 0 Å². The zero-order valence-electron chi connectivity index (χ0n) is 19.2. The van der Waals surface area contributed by atoms with E-state index in [1.807, 2.05) is 13.8 Å². The van der Waals surface area contributed by atoms with Crippen LogP contribution in [0.3, 0.4) is 0 Å². The molecule has 1 atom stereocenters. The van der Waals surface area contributed by atoms with Gasteiger partial charge in [0.15, 0.2) is 6.61 Å². The molecule has 0 aromatic heterocycles. The summed E-state index contributed by atoms with van der Waals surface area (Å²) < 4.78 is 5.31. The number of halogens is 1. The highest BCUT2D eigenvalue weighted by Gasteiger charge is 2.45. The Balaban J connectivity index is 2.03. The fraction of sp³-hybridized carbons (Fsp3) is 0.320. The van der Waals surface area contributed by atoms with E-state index in [9.17, 15) is 19.5 Å². The predicted octanol–water partition coefficient (Wildman–Crippen LogP) is 2.97. The summed E-state index contributed by atoms with van der Waals surface area (Å²) in [5.41, 5.74) is 6.15. The molecule has 1 unspecified atom stereocenters. The summed E-state index contributed by atoms with van der Waals surface area (Å²) in [7, 11) is 0. The second kappa shape index (κ2) is 11.2. The summed E-state index contributed by atoms with van der Waals surface area (Å²) in [4.78, 5) is 40.7. The predicted molar refractivity (Wildman–Crippen MR) is 129 cm³/mol. The Morgan fingerprint density at radius 1 is 1.09 bits per heavy atom. The number of carbonyl (C=O) groups is 3. The van der Waals surface area contributed by atoms with Crippen LogP contribution in [-0.2, 0) is 14.4 Å². The molecule has 2 aromatic carbocycles. The minimum Gasteiger partial charge on any atom is -0.507 e. The average Bonchev–Trinajstić information content (AvgIpc) is 3.08. The second-order valence-electron chi connectivity index (χ2n) is 7.85. The molecule has 0 saturated carbocycles. The number of primary amides is 1.